The van der Waals surface area contributed by atoms with Gasteiger partial charge in [-0.3, -0.25) is 0 Å². The van der Waals surface area contributed by atoms with E-state index >= 15 is 0 Å². The number of hydrogen-bond acceptors (Lipinski definition) is 3. The lowest BCUT2D eigenvalue weighted by Crippen LogP contribution is -2.39. The molecule has 5 heteroatoms. The quantitative estimate of drug-likeness (QED) is 0.806. The van der Waals surface area contributed by atoms with Gasteiger partial charge in [-0.25, -0.2) is 9.59 Å². The van der Waals surface area contributed by atoms with Crippen LogP contribution in [0.5, 0.6) is 0 Å². The Kier molecular flexibility index (Phi) is 6.26. The molecule has 0 aromatic heterocycles. The Morgan fingerprint density at radius 3 is 2.19 bits per heavy atom. The predicted molar refractivity (Wildman–Crippen MR) is 103 cm³/mol. The number of carbonyl (C=O) groups excluding carboxylic acids is 1. The lowest BCUT2D eigenvalue weighted by molar-refractivity contribution is -0.131. The second-order valence-corrected chi connectivity index (χ2v) is 6.61. The van der Waals surface area contributed by atoms with Gasteiger partial charge in [0.2, 0.25) is 0 Å². The van der Waals surface area contributed by atoms with Crippen molar-refractivity contribution in [3.63, 3.8) is 0 Å². The van der Waals surface area contributed by atoms with E-state index in [0.717, 1.165) is 16.7 Å². The van der Waals surface area contributed by atoms with Crippen molar-refractivity contribution in [1.82, 2.24) is 4.90 Å². The molecule has 2 aromatic carbocycles. The molecule has 0 atom stereocenters. The first-order valence-electron chi connectivity index (χ1n) is 9.09. The Balaban J connectivity index is 1.58. The number of carboxylic acids is 1. The maximum atomic E-state index is 12.3. The monoisotopic (exact) mass is 365 g/mol. The average Bonchev–Trinajstić information content (AvgIpc) is 2.72. The molecule has 27 heavy (non-hydrogen) atoms. The van der Waals surface area contributed by atoms with Crippen LogP contribution in [0.4, 0.5) is 4.79 Å². The van der Waals surface area contributed by atoms with Gasteiger partial charge in [-0.2, -0.15) is 0 Å². The molecule has 1 fully saturated rings. The molecule has 1 aliphatic rings. The minimum absolute atomic E-state index is 0.113. The van der Waals surface area contributed by atoms with Gasteiger partial charge in [-0.05, 0) is 35.5 Å². The minimum Gasteiger partial charge on any atom is -0.478 e. The van der Waals surface area contributed by atoms with Crippen LogP contribution in [0.15, 0.2) is 66.7 Å². The molecule has 1 N–H and O–H groups in total. The van der Waals surface area contributed by atoms with Crippen molar-refractivity contribution in [3.8, 4) is 0 Å². The molecule has 0 spiro atoms. The second-order valence-electron chi connectivity index (χ2n) is 6.61. The molecular weight excluding hydrogens is 342 g/mol. The van der Waals surface area contributed by atoms with Crippen molar-refractivity contribution in [2.45, 2.75) is 19.4 Å². The predicted octanol–water partition coefficient (Wildman–Crippen LogP) is 4.20. The van der Waals surface area contributed by atoms with Gasteiger partial charge in [0.25, 0.3) is 0 Å². The minimum atomic E-state index is -0.946. The van der Waals surface area contributed by atoms with E-state index in [1.165, 1.54) is 6.08 Å². The van der Waals surface area contributed by atoms with Crippen LogP contribution in [0, 0.1) is 5.92 Å². The number of amides is 1. The lowest BCUT2D eigenvalue weighted by Gasteiger charge is -2.32. The fraction of sp³-hybridized carbons (Fsp3) is 0.273. The topological polar surface area (TPSA) is 66.8 Å². The van der Waals surface area contributed by atoms with E-state index in [0.29, 0.717) is 25.9 Å². The highest BCUT2D eigenvalue weighted by molar-refractivity contribution is 5.90. The zero-order valence-electron chi connectivity index (χ0n) is 15.1. The van der Waals surface area contributed by atoms with Crippen molar-refractivity contribution in [2.24, 2.45) is 5.92 Å². The number of likely N-dealkylation sites (tertiary alicyclic amines) is 1. The number of carbonyl (C=O) groups is 2. The van der Waals surface area contributed by atoms with Crippen molar-refractivity contribution >= 4 is 17.6 Å². The molecule has 3 rings (SSSR count). The number of benzene rings is 2. The van der Waals surface area contributed by atoms with Gasteiger partial charge in [0, 0.05) is 19.2 Å². The number of aliphatic carboxylic acids is 1. The molecule has 1 amide bonds. The highest BCUT2D eigenvalue weighted by atomic mass is 16.6. The fourth-order valence-corrected chi connectivity index (χ4v) is 3.38. The average molecular weight is 365 g/mol. The van der Waals surface area contributed by atoms with Crippen molar-refractivity contribution in [1.29, 1.82) is 0 Å². The van der Waals surface area contributed by atoms with Crippen LogP contribution in [-0.2, 0) is 16.1 Å². The van der Waals surface area contributed by atoms with Crippen LogP contribution < -0.4 is 0 Å². The first-order chi connectivity index (χ1) is 13.1. The number of ether oxygens (including phenoxy) is 1. The van der Waals surface area contributed by atoms with Gasteiger partial charge < -0.3 is 14.7 Å². The number of allylic oxidation sites excluding steroid dienone is 1. The summed E-state index contributed by atoms with van der Waals surface area (Å²) in [4.78, 5) is 25.2. The van der Waals surface area contributed by atoms with Crippen LogP contribution in [0.1, 0.15) is 24.0 Å². The second kappa shape index (κ2) is 9.03. The Hall–Kier alpha value is -3.08. The number of nitrogens with zero attached hydrogens (tertiary/aromatic N) is 1. The summed E-state index contributed by atoms with van der Waals surface area (Å²) >= 11 is 0. The molecule has 5 nitrogen and oxygen atoms in total. The highest BCUT2D eigenvalue weighted by Crippen LogP contribution is 2.32. The molecule has 1 aliphatic heterocycles. The van der Waals surface area contributed by atoms with E-state index in [9.17, 15) is 14.7 Å². The normalized spacial score (nSPS) is 15.4. The number of piperidine rings is 1. The third kappa shape index (κ3) is 5.20. The van der Waals surface area contributed by atoms with Gasteiger partial charge in [-0.1, -0.05) is 60.7 Å². The van der Waals surface area contributed by atoms with Crippen LogP contribution in [0.25, 0.3) is 5.57 Å². The highest BCUT2D eigenvalue weighted by Gasteiger charge is 2.27. The van der Waals surface area contributed by atoms with E-state index in [1.807, 2.05) is 60.7 Å². The molecule has 0 aliphatic carbocycles. The summed E-state index contributed by atoms with van der Waals surface area (Å²) < 4.78 is 5.39. The van der Waals surface area contributed by atoms with Crippen molar-refractivity contribution in [3.05, 3.63) is 77.9 Å². The van der Waals surface area contributed by atoms with Gasteiger partial charge in [0.05, 0.1) is 0 Å². The van der Waals surface area contributed by atoms with E-state index in [2.05, 4.69) is 0 Å². The van der Waals surface area contributed by atoms with E-state index < -0.39 is 5.97 Å². The third-order valence-corrected chi connectivity index (χ3v) is 4.78. The van der Waals surface area contributed by atoms with Gasteiger partial charge in [0.1, 0.15) is 6.61 Å². The first kappa shape index (κ1) is 18.7. The summed E-state index contributed by atoms with van der Waals surface area (Å²) in [5.74, 6) is -0.833. The molecule has 1 heterocycles. The standard InChI is InChI=1S/C22H23NO4/c24-21(25)15-20(18-9-5-2-6-10-18)19-11-13-23(14-12-19)22(26)27-16-17-7-3-1-4-8-17/h1-10,15,19H,11-14,16H2,(H,24,25)/b20-15-. The van der Waals surface area contributed by atoms with E-state index in [4.69, 9.17) is 4.74 Å². The zero-order chi connectivity index (χ0) is 19.1. The van der Waals surface area contributed by atoms with Crippen molar-refractivity contribution in [2.75, 3.05) is 13.1 Å². The Morgan fingerprint density at radius 2 is 1.59 bits per heavy atom. The summed E-state index contributed by atoms with van der Waals surface area (Å²) in [7, 11) is 0. The van der Waals surface area contributed by atoms with Crippen molar-refractivity contribution < 1.29 is 19.4 Å². The van der Waals surface area contributed by atoms with E-state index in [1.54, 1.807) is 4.90 Å². The summed E-state index contributed by atoms with van der Waals surface area (Å²) in [5, 5.41) is 9.23. The van der Waals surface area contributed by atoms with Crippen LogP contribution in [-0.4, -0.2) is 35.2 Å². The number of carboxylic acid groups (broad SMARTS) is 1. The zero-order valence-corrected chi connectivity index (χ0v) is 15.1. The molecular formula is C22H23NO4. The molecule has 2 aromatic rings. The molecule has 1 saturated heterocycles. The summed E-state index contributed by atoms with van der Waals surface area (Å²) in [6, 6.07) is 19.2. The number of hydrogen-bond donors (Lipinski definition) is 1. The lowest BCUT2D eigenvalue weighted by atomic mass is 9.85. The molecule has 140 valence electrons. The Bertz CT molecular complexity index is 794. The maximum absolute atomic E-state index is 12.3. The Labute approximate surface area is 158 Å². The van der Waals surface area contributed by atoms with Crippen LogP contribution in [0.3, 0.4) is 0 Å². The third-order valence-electron chi connectivity index (χ3n) is 4.78. The SMILES string of the molecule is O=C(O)/C=C(/c1ccccc1)C1CCN(C(=O)OCc2ccccc2)CC1. The largest absolute Gasteiger partial charge is 0.478 e. The number of rotatable bonds is 5. The smallest absolute Gasteiger partial charge is 0.410 e. The van der Waals surface area contributed by atoms with E-state index in [-0.39, 0.29) is 18.6 Å². The summed E-state index contributed by atoms with van der Waals surface area (Å²) in [5.41, 5.74) is 2.70. The molecule has 0 bridgehead atoms. The summed E-state index contributed by atoms with van der Waals surface area (Å²) in [6.07, 6.45) is 2.41. The van der Waals surface area contributed by atoms with Gasteiger partial charge in [-0.15, -0.1) is 0 Å². The molecule has 0 radical (unpaired) electrons. The fourth-order valence-electron chi connectivity index (χ4n) is 3.38. The first-order valence-corrected chi connectivity index (χ1v) is 9.09. The summed E-state index contributed by atoms with van der Waals surface area (Å²) in [6.45, 7) is 1.37. The van der Waals surface area contributed by atoms with Crippen LogP contribution >= 0.6 is 0 Å². The van der Waals surface area contributed by atoms with Gasteiger partial charge in [0.15, 0.2) is 0 Å². The molecule has 0 saturated carbocycles. The Morgan fingerprint density at radius 1 is 1.00 bits per heavy atom. The van der Waals surface area contributed by atoms with Gasteiger partial charge >= 0.3 is 12.1 Å². The van der Waals surface area contributed by atoms with Crippen LogP contribution in [0.2, 0.25) is 0 Å². The maximum Gasteiger partial charge on any atom is 0.410 e. The molecule has 0 unspecified atom stereocenters.